The number of benzene rings is 1. The molecule has 2 N–H and O–H groups in total. The van der Waals surface area contributed by atoms with Gasteiger partial charge in [-0.05, 0) is 32.1 Å². The normalized spacial score (nSPS) is 20.8. The Morgan fingerprint density at radius 1 is 1.29 bits per heavy atom. The quantitative estimate of drug-likeness (QED) is 0.319. The monoisotopic (exact) mass is 450 g/mol. The lowest BCUT2D eigenvalue weighted by Gasteiger charge is -2.24. The first-order valence-electron chi connectivity index (χ1n) is 9.51. The molecule has 3 rings (SSSR count). The summed E-state index contributed by atoms with van der Waals surface area (Å²) in [5.74, 6) is 0.320. The van der Waals surface area contributed by atoms with Gasteiger partial charge in [0.15, 0.2) is 6.23 Å². The zero-order valence-corrected chi connectivity index (χ0v) is 17.9. The number of nitrogens with zero attached hydrogens (tertiary/aromatic N) is 2. The number of ether oxygens (including phenoxy) is 1. The van der Waals surface area contributed by atoms with Gasteiger partial charge in [0.05, 0.1) is 13.2 Å². The summed E-state index contributed by atoms with van der Waals surface area (Å²) in [6.07, 6.45) is 3.30. The minimum atomic E-state index is -3.87. The van der Waals surface area contributed by atoms with E-state index in [1.54, 1.807) is 56.3 Å². The molecule has 1 aliphatic rings. The Kier molecular flexibility index (Phi) is 7.34. The molecule has 0 saturated heterocycles. The highest BCUT2D eigenvalue weighted by atomic mass is 31.2. The van der Waals surface area contributed by atoms with E-state index in [-0.39, 0.29) is 13.2 Å². The van der Waals surface area contributed by atoms with Crippen molar-refractivity contribution in [1.29, 1.82) is 0 Å². The minimum Gasteiger partial charge on any atom is -0.413 e. The van der Waals surface area contributed by atoms with Gasteiger partial charge in [-0.2, -0.15) is 4.91 Å². The molecule has 3 unspecified atom stereocenters. The second-order valence-corrected chi connectivity index (χ2v) is 8.66. The Morgan fingerprint density at radius 2 is 2.03 bits per heavy atom. The molecular weight excluding hydrogens is 427 g/mol. The lowest BCUT2D eigenvalue weighted by atomic mass is 10.3. The molecule has 1 aromatic carbocycles. The van der Waals surface area contributed by atoms with Gasteiger partial charge in [0.1, 0.15) is 11.9 Å². The molecule has 2 aromatic rings. The van der Waals surface area contributed by atoms with Crippen LogP contribution < -0.4 is 20.9 Å². The van der Waals surface area contributed by atoms with Gasteiger partial charge in [-0.25, -0.2) is 14.4 Å². The summed E-state index contributed by atoms with van der Waals surface area (Å²) >= 11 is 0. The maximum absolute atomic E-state index is 13.2. The van der Waals surface area contributed by atoms with Gasteiger partial charge in [-0.3, -0.25) is 18.9 Å². The van der Waals surface area contributed by atoms with Gasteiger partial charge in [0.2, 0.25) is 0 Å². The molecule has 166 valence electrons. The first-order valence-corrected chi connectivity index (χ1v) is 11.1. The van der Waals surface area contributed by atoms with E-state index in [2.05, 4.69) is 15.2 Å². The molecule has 0 fully saturated rings. The maximum Gasteiger partial charge on any atom is 0.459 e. The lowest BCUT2D eigenvalue weighted by molar-refractivity contribution is -0.00743. The van der Waals surface area contributed by atoms with Crippen LogP contribution in [0.2, 0.25) is 0 Å². The number of para-hydroxylation sites is 1. The molecular formula is C19H23N4O7P. The van der Waals surface area contributed by atoms with Crippen LogP contribution in [0.1, 0.15) is 18.7 Å². The Bertz CT molecular complexity index is 1100. The summed E-state index contributed by atoms with van der Waals surface area (Å²) in [6.45, 7) is 2.93. The van der Waals surface area contributed by atoms with Crippen LogP contribution in [0.15, 0.2) is 63.4 Å². The number of nitrogens with one attached hydrogen (secondary N) is 2. The van der Waals surface area contributed by atoms with Crippen molar-refractivity contribution in [3.05, 3.63) is 80.0 Å². The van der Waals surface area contributed by atoms with E-state index < -0.39 is 37.4 Å². The molecule has 1 aromatic heterocycles. The van der Waals surface area contributed by atoms with Crippen molar-refractivity contribution >= 4 is 7.75 Å². The molecule has 0 saturated carbocycles. The fourth-order valence-corrected chi connectivity index (χ4v) is 4.37. The molecule has 0 spiro atoms. The molecule has 0 amide bonds. The summed E-state index contributed by atoms with van der Waals surface area (Å²) in [6, 6.07) is 7.90. The molecule has 0 aliphatic carbocycles. The number of rotatable bonds is 10. The highest BCUT2D eigenvalue weighted by molar-refractivity contribution is 7.52. The van der Waals surface area contributed by atoms with Crippen LogP contribution in [0, 0.1) is 11.8 Å². The second kappa shape index (κ2) is 9.97. The average Bonchev–Trinajstić information content (AvgIpc) is 3.19. The second-order valence-electron chi connectivity index (χ2n) is 6.97. The molecule has 1 aliphatic heterocycles. The number of nitroso groups, excluding NO2 is 1. The number of aromatic nitrogens is 2. The summed E-state index contributed by atoms with van der Waals surface area (Å²) in [4.78, 5) is 36.3. The first kappa shape index (κ1) is 22.8. The molecule has 2 heterocycles. The van der Waals surface area contributed by atoms with Gasteiger partial charge < -0.3 is 9.26 Å². The van der Waals surface area contributed by atoms with Gasteiger partial charge in [0.25, 0.3) is 5.56 Å². The Hall–Kier alpha value is -2.85. The number of aromatic amines is 1. The zero-order valence-electron chi connectivity index (χ0n) is 17.0. The van der Waals surface area contributed by atoms with E-state index in [9.17, 15) is 19.1 Å². The van der Waals surface area contributed by atoms with Crippen LogP contribution in [-0.2, 0) is 13.8 Å². The standard InChI is InChI=1S/C19H23N4O7P/c1-13-11-23(19(25)21-18(13)24)17-9-8-16(29-17)12-28-31(27,22-14(2)10-20-26)30-15-6-4-3-5-7-15/h3-9,11,14,16-17H,10,12H2,1-2H3,(H,22,27)(H,21,24,25)/t14-,16?,17?,31?/m0/s1. The average molecular weight is 450 g/mol. The van der Waals surface area contributed by atoms with Crippen molar-refractivity contribution in [2.45, 2.75) is 32.2 Å². The largest absolute Gasteiger partial charge is 0.459 e. The van der Waals surface area contributed by atoms with E-state index in [4.69, 9.17) is 13.8 Å². The SMILES string of the molecule is Cc1cn(C2C=CC(COP(=O)(N[C@@H](C)CN=O)Oc3ccccc3)O2)c(=O)[nH]c1=O. The minimum absolute atomic E-state index is 0.123. The van der Waals surface area contributed by atoms with Crippen molar-refractivity contribution in [3.8, 4) is 5.75 Å². The smallest absolute Gasteiger partial charge is 0.413 e. The van der Waals surface area contributed by atoms with Crippen LogP contribution in [0.25, 0.3) is 0 Å². The van der Waals surface area contributed by atoms with E-state index in [0.717, 1.165) is 0 Å². The van der Waals surface area contributed by atoms with E-state index in [1.807, 2.05) is 0 Å². The first-order chi connectivity index (χ1) is 14.8. The van der Waals surface area contributed by atoms with Crippen LogP contribution >= 0.6 is 7.75 Å². The molecule has 0 radical (unpaired) electrons. The van der Waals surface area contributed by atoms with Crippen LogP contribution in [-0.4, -0.2) is 34.8 Å². The van der Waals surface area contributed by atoms with Crippen molar-refractivity contribution in [2.24, 2.45) is 5.18 Å². The summed E-state index contributed by atoms with van der Waals surface area (Å²) < 4.78 is 31.3. The number of aryl methyl sites for hydroxylation is 1. The van der Waals surface area contributed by atoms with Gasteiger partial charge in [-0.15, -0.1) is 0 Å². The van der Waals surface area contributed by atoms with E-state index in [1.165, 1.54) is 10.8 Å². The zero-order chi connectivity index (χ0) is 22.4. The third-order valence-corrected chi connectivity index (χ3v) is 6.03. The Balaban J connectivity index is 1.67. The van der Waals surface area contributed by atoms with Gasteiger partial charge in [-0.1, -0.05) is 29.5 Å². The molecule has 4 atom stereocenters. The van der Waals surface area contributed by atoms with Crippen molar-refractivity contribution < 1.29 is 18.3 Å². The third-order valence-electron chi connectivity index (χ3n) is 4.33. The number of H-pyrrole nitrogens is 1. The Labute approximate surface area is 177 Å². The van der Waals surface area contributed by atoms with Crippen LogP contribution in [0.5, 0.6) is 5.75 Å². The molecule has 12 heteroatoms. The Morgan fingerprint density at radius 3 is 2.74 bits per heavy atom. The number of hydrogen-bond donors (Lipinski definition) is 2. The molecule has 0 bridgehead atoms. The van der Waals surface area contributed by atoms with E-state index in [0.29, 0.717) is 11.3 Å². The summed E-state index contributed by atoms with van der Waals surface area (Å²) in [5.41, 5.74) is -0.715. The molecule has 11 nitrogen and oxygen atoms in total. The third kappa shape index (κ3) is 6.08. The van der Waals surface area contributed by atoms with E-state index >= 15 is 0 Å². The highest BCUT2D eigenvalue weighted by Crippen LogP contribution is 2.45. The van der Waals surface area contributed by atoms with Crippen LogP contribution in [0.3, 0.4) is 0 Å². The fraction of sp³-hybridized carbons (Fsp3) is 0.368. The fourth-order valence-electron chi connectivity index (χ4n) is 2.82. The summed E-state index contributed by atoms with van der Waals surface area (Å²) in [7, 11) is -3.87. The predicted octanol–water partition coefficient (Wildman–Crippen LogP) is 2.25. The topological polar surface area (TPSA) is 141 Å². The number of hydrogen-bond acceptors (Lipinski definition) is 8. The predicted molar refractivity (Wildman–Crippen MR) is 113 cm³/mol. The highest BCUT2D eigenvalue weighted by Gasteiger charge is 2.32. The lowest BCUT2D eigenvalue weighted by Crippen LogP contribution is -2.34. The van der Waals surface area contributed by atoms with Crippen molar-refractivity contribution in [2.75, 3.05) is 13.2 Å². The van der Waals surface area contributed by atoms with Gasteiger partial charge >= 0.3 is 13.4 Å². The maximum atomic E-state index is 13.2. The van der Waals surface area contributed by atoms with Crippen LogP contribution in [0.4, 0.5) is 0 Å². The summed E-state index contributed by atoms with van der Waals surface area (Å²) in [5, 5.41) is 5.47. The van der Waals surface area contributed by atoms with Crippen molar-refractivity contribution in [1.82, 2.24) is 14.6 Å². The van der Waals surface area contributed by atoms with Crippen molar-refractivity contribution in [3.63, 3.8) is 0 Å². The molecule has 31 heavy (non-hydrogen) atoms. The van der Waals surface area contributed by atoms with Gasteiger partial charge in [0, 0.05) is 17.8 Å².